The second-order valence-corrected chi connectivity index (χ2v) is 4.95. The van der Waals surface area contributed by atoms with E-state index in [2.05, 4.69) is 15.6 Å². The molecular formula is C11H12ClN3OS. The zero-order valence-electron chi connectivity index (χ0n) is 9.50. The lowest BCUT2D eigenvalue weighted by Gasteiger charge is -2.00. The molecule has 0 spiro atoms. The third-order valence-electron chi connectivity index (χ3n) is 2.26. The number of anilines is 1. The summed E-state index contributed by atoms with van der Waals surface area (Å²) in [6, 6.07) is 3.51. The molecule has 2 aromatic rings. The molecule has 0 fully saturated rings. The molecular weight excluding hydrogens is 258 g/mol. The van der Waals surface area contributed by atoms with Crippen molar-refractivity contribution in [1.82, 2.24) is 10.3 Å². The van der Waals surface area contributed by atoms with Crippen molar-refractivity contribution in [3.63, 3.8) is 0 Å². The third-order valence-corrected chi connectivity index (χ3v) is 3.69. The summed E-state index contributed by atoms with van der Waals surface area (Å²) < 4.78 is 0.901. The minimum atomic E-state index is -0.250. The number of hydrogen-bond donors (Lipinski definition) is 2. The van der Waals surface area contributed by atoms with Crippen LogP contribution >= 0.6 is 22.9 Å². The molecule has 0 bridgehead atoms. The van der Waals surface area contributed by atoms with E-state index in [4.69, 9.17) is 11.6 Å². The first-order chi connectivity index (χ1) is 8.11. The lowest BCUT2D eigenvalue weighted by molar-refractivity contribution is 0.252. The lowest BCUT2D eigenvalue weighted by Crippen LogP contribution is -2.28. The predicted molar refractivity (Wildman–Crippen MR) is 72.1 cm³/mol. The number of carbonyl (C=O) groups excluding carboxylic acids is 1. The van der Waals surface area contributed by atoms with Gasteiger partial charge in [0.15, 0.2) is 5.13 Å². The fraction of sp³-hybridized carbons (Fsp3) is 0.273. The SMILES string of the molecule is CCNC(=O)Nc1nc2c(C)ccc(Cl)c2s1. The van der Waals surface area contributed by atoms with Gasteiger partial charge in [0.05, 0.1) is 15.2 Å². The van der Waals surface area contributed by atoms with Crippen LogP contribution in [-0.2, 0) is 0 Å². The maximum atomic E-state index is 11.4. The first-order valence-electron chi connectivity index (χ1n) is 5.22. The fourth-order valence-corrected chi connectivity index (χ4v) is 2.67. The van der Waals surface area contributed by atoms with Crippen LogP contribution in [0.5, 0.6) is 0 Å². The van der Waals surface area contributed by atoms with Crippen molar-refractivity contribution in [2.24, 2.45) is 0 Å². The summed E-state index contributed by atoms with van der Waals surface area (Å²) in [7, 11) is 0. The molecule has 2 amide bonds. The standard InChI is InChI=1S/C11H12ClN3OS/c1-3-13-10(16)15-11-14-8-6(2)4-5-7(12)9(8)17-11/h4-5H,3H2,1-2H3,(H2,13,14,15,16). The summed E-state index contributed by atoms with van der Waals surface area (Å²) in [6.45, 7) is 4.41. The van der Waals surface area contributed by atoms with Crippen LogP contribution in [0, 0.1) is 6.92 Å². The Morgan fingerprint density at radius 1 is 1.53 bits per heavy atom. The summed E-state index contributed by atoms with van der Waals surface area (Å²) in [5.41, 5.74) is 1.89. The van der Waals surface area contributed by atoms with Crippen LogP contribution in [0.3, 0.4) is 0 Å². The van der Waals surface area contributed by atoms with Gasteiger partial charge in [0, 0.05) is 6.54 Å². The Morgan fingerprint density at radius 2 is 2.29 bits per heavy atom. The average Bonchev–Trinajstić information content (AvgIpc) is 2.69. The lowest BCUT2D eigenvalue weighted by atomic mass is 10.2. The van der Waals surface area contributed by atoms with E-state index in [1.807, 2.05) is 26.0 Å². The van der Waals surface area contributed by atoms with Crippen molar-refractivity contribution in [2.75, 3.05) is 11.9 Å². The van der Waals surface area contributed by atoms with Gasteiger partial charge in [0.2, 0.25) is 0 Å². The minimum Gasteiger partial charge on any atom is -0.338 e. The molecule has 0 unspecified atom stereocenters. The normalized spacial score (nSPS) is 10.5. The van der Waals surface area contributed by atoms with E-state index < -0.39 is 0 Å². The van der Waals surface area contributed by atoms with Crippen LogP contribution < -0.4 is 10.6 Å². The molecule has 0 saturated heterocycles. The van der Waals surface area contributed by atoms with Gasteiger partial charge >= 0.3 is 6.03 Å². The van der Waals surface area contributed by atoms with E-state index in [0.29, 0.717) is 16.7 Å². The molecule has 90 valence electrons. The van der Waals surface area contributed by atoms with Crippen LogP contribution in [0.2, 0.25) is 5.02 Å². The van der Waals surface area contributed by atoms with Gasteiger partial charge in [0.25, 0.3) is 0 Å². The molecule has 0 aliphatic rings. The Morgan fingerprint density at radius 3 is 2.94 bits per heavy atom. The predicted octanol–water partition coefficient (Wildman–Crippen LogP) is 3.40. The first kappa shape index (κ1) is 12.1. The third kappa shape index (κ3) is 2.50. The number of nitrogens with one attached hydrogen (secondary N) is 2. The Labute approximate surface area is 108 Å². The van der Waals surface area contributed by atoms with Crippen LogP contribution in [0.25, 0.3) is 10.2 Å². The Hall–Kier alpha value is -1.33. The van der Waals surface area contributed by atoms with E-state index in [1.165, 1.54) is 11.3 Å². The number of carbonyl (C=O) groups is 1. The van der Waals surface area contributed by atoms with Gasteiger partial charge in [0.1, 0.15) is 0 Å². The number of thiazole rings is 1. The number of aryl methyl sites for hydroxylation is 1. The number of aromatic nitrogens is 1. The van der Waals surface area contributed by atoms with Crippen molar-refractivity contribution < 1.29 is 4.79 Å². The maximum absolute atomic E-state index is 11.4. The molecule has 6 heteroatoms. The summed E-state index contributed by atoms with van der Waals surface area (Å²) in [5.74, 6) is 0. The van der Waals surface area contributed by atoms with Crippen molar-refractivity contribution in [1.29, 1.82) is 0 Å². The molecule has 1 aromatic heterocycles. The van der Waals surface area contributed by atoms with Crippen molar-refractivity contribution >= 4 is 44.3 Å². The van der Waals surface area contributed by atoms with Gasteiger partial charge in [-0.15, -0.1) is 0 Å². The number of urea groups is 1. The van der Waals surface area contributed by atoms with Crippen molar-refractivity contribution in [3.05, 3.63) is 22.7 Å². The number of amides is 2. The quantitative estimate of drug-likeness (QED) is 0.878. The van der Waals surface area contributed by atoms with Gasteiger partial charge in [-0.05, 0) is 25.5 Å². The van der Waals surface area contributed by atoms with E-state index in [1.54, 1.807) is 0 Å². The number of halogens is 1. The minimum absolute atomic E-state index is 0.250. The number of rotatable bonds is 2. The molecule has 2 rings (SSSR count). The highest BCUT2D eigenvalue weighted by Gasteiger charge is 2.10. The second-order valence-electron chi connectivity index (χ2n) is 3.55. The number of hydrogen-bond acceptors (Lipinski definition) is 3. The largest absolute Gasteiger partial charge is 0.338 e. The molecule has 0 aliphatic carbocycles. The van der Waals surface area contributed by atoms with E-state index in [9.17, 15) is 4.79 Å². The van der Waals surface area contributed by atoms with Gasteiger partial charge in [-0.2, -0.15) is 0 Å². The highest BCUT2D eigenvalue weighted by molar-refractivity contribution is 7.23. The Balaban J connectivity index is 2.35. The zero-order chi connectivity index (χ0) is 12.4. The molecule has 2 N–H and O–H groups in total. The maximum Gasteiger partial charge on any atom is 0.321 e. The van der Waals surface area contributed by atoms with E-state index in [-0.39, 0.29) is 6.03 Å². The summed E-state index contributed by atoms with van der Waals surface area (Å²) in [4.78, 5) is 15.7. The van der Waals surface area contributed by atoms with Gasteiger partial charge in [-0.1, -0.05) is 29.0 Å². The monoisotopic (exact) mass is 269 g/mol. The smallest absolute Gasteiger partial charge is 0.321 e. The summed E-state index contributed by atoms with van der Waals surface area (Å²) in [6.07, 6.45) is 0. The van der Waals surface area contributed by atoms with Crippen LogP contribution in [0.4, 0.5) is 9.93 Å². The van der Waals surface area contributed by atoms with Gasteiger partial charge in [-0.3, -0.25) is 5.32 Å². The highest BCUT2D eigenvalue weighted by Crippen LogP contribution is 2.33. The molecule has 1 heterocycles. The molecule has 0 aliphatic heterocycles. The molecule has 0 saturated carbocycles. The van der Waals surface area contributed by atoms with E-state index >= 15 is 0 Å². The first-order valence-corrected chi connectivity index (χ1v) is 6.41. The van der Waals surface area contributed by atoms with Crippen LogP contribution in [-0.4, -0.2) is 17.6 Å². The van der Waals surface area contributed by atoms with Crippen molar-refractivity contribution in [3.8, 4) is 0 Å². The van der Waals surface area contributed by atoms with Gasteiger partial charge < -0.3 is 5.32 Å². The molecule has 4 nitrogen and oxygen atoms in total. The van der Waals surface area contributed by atoms with E-state index in [0.717, 1.165) is 15.8 Å². The topological polar surface area (TPSA) is 54.0 Å². The highest BCUT2D eigenvalue weighted by atomic mass is 35.5. The van der Waals surface area contributed by atoms with Crippen molar-refractivity contribution in [2.45, 2.75) is 13.8 Å². The number of benzene rings is 1. The summed E-state index contributed by atoms with van der Waals surface area (Å²) in [5, 5.41) is 6.55. The molecule has 0 atom stereocenters. The Kier molecular flexibility index (Phi) is 3.49. The average molecular weight is 270 g/mol. The number of nitrogens with zero attached hydrogens (tertiary/aromatic N) is 1. The van der Waals surface area contributed by atoms with Gasteiger partial charge in [-0.25, -0.2) is 9.78 Å². The second kappa shape index (κ2) is 4.89. The fourth-order valence-electron chi connectivity index (χ4n) is 1.46. The zero-order valence-corrected chi connectivity index (χ0v) is 11.1. The summed E-state index contributed by atoms with van der Waals surface area (Å²) >= 11 is 7.46. The molecule has 1 aromatic carbocycles. The van der Waals surface area contributed by atoms with Crippen LogP contribution in [0.1, 0.15) is 12.5 Å². The number of fused-ring (bicyclic) bond motifs is 1. The van der Waals surface area contributed by atoms with Crippen LogP contribution in [0.15, 0.2) is 12.1 Å². The molecule has 17 heavy (non-hydrogen) atoms. The molecule has 0 radical (unpaired) electrons. The Bertz CT molecular complexity index is 528.